The Kier molecular flexibility index (Phi) is 2.82. The number of ketones is 1. The Morgan fingerprint density at radius 1 is 1.27 bits per heavy atom. The quantitative estimate of drug-likeness (QED) is 0.526. The van der Waals surface area contributed by atoms with Gasteiger partial charge in [0, 0.05) is 11.1 Å². The molecule has 0 amide bonds. The lowest BCUT2D eigenvalue weighted by Crippen LogP contribution is -2.06. The van der Waals surface area contributed by atoms with E-state index in [0.29, 0.717) is 5.92 Å². The fourth-order valence-electron chi connectivity index (χ4n) is 1.79. The molecule has 0 heterocycles. The molecule has 1 nitrogen and oxygen atoms in total. The van der Waals surface area contributed by atoms with E-state index >= 15 is 0 Å². The predicted molar refractivity (Wildman–Crippen MR) is 61.8 cm³/mol. The van der Waals surface area contributed by atoms with Crippen molar-refractivity contribution < 1.29 is 4.79 Å². The molecule has 76 valence electrons. The van der Waals surface area contributed by atoms with Gasteiger partial charge in [0.15, 0.2) is 5.78 Å². The second-order valence-electron chi connectivity index (χ2n) is 3.88. The van der Waals surface area contributed by atoms with Crippen molar-refractivity contribution in [3.63, 3.8) is 0 Å². The standard InChI is InChI=1S/C14H14O/c1-11-6-5-9-13(10-11)14(15)12-7-3-2-4-8-12/h2-8,10-11H,9H2,1H3. The van der Waals surface area contributed by atoms with Crippen molar-refractivity contribution in [2.75, 3.05) is 0 Å². The van der Waals surface area contributed by atoms with Gasteiger partial charge in [0.2, 0.25) is 0 Å². The van der Waals surface area contributed by atoms with Crippen LogP contribution in [0.25, 0.3) is 0 Å². The number of allylic oxidation sites excluding steroid dienone is 4. The van der Waals surface area contributed by atoms with Gasteiger partial charge in [0.1, 0.15) is 0 Å². The van der Waals surface area contributed by atoms with E-state index in [9.17, 15) is 4.79 Å². The van der Waals surface area contributed by atoms with Gasteiger partial charge in [0.25, 0.3) is 0 Å². The number of Topliss-reactive ketones (excluding diaryl/α,β-unsaturated/α-hetero) is 1. The average Bonchev–Trinajstić information content (AvgIpc) is 2.29. The summed E-state index contributed by atoms with van der Waals surface area (Å²) in [6.07, 6.45) is 7.01. The summed E-state index contributed by atoms with van der Waals surface area (Å²) >= 11 is 0. The monoisotopic (exact) mass is 198 g/mol. The second-order valence-corrected chi connectivity index (χ2v) is 3.88. The zero-order valence-corrected chi connectivity index (χ0v) is 8.81. The summed E-state index contributed by atoms with van der Waals surface area (Å²) in [5.74, 6) is 0.535. The maximum absolute atomic E-state index is 12.0. The Morgan fingerprint density at radius 3 is 2.67 bits per heavy atom. The van der Waals surface area contributed by atoms with Gasteiger partial charge in [-0.15, -0.1) is 0 Å². The molecular weight excluding hydrogens is 184 g/mol. The number of carbonyl (C=O) groups is 1. The van der Waals surface area contributed by atoms with Crippen LogP contribution < -0.4 is 0 Å². The van der Waals surface area contributed by atoms with Crippen LogP contribution in [0, 0.1) is 5.92 Å². The maximum Gasteiger partial charge on any atom is 0.189 e. The molecule has 1 aliphatic carbocycles. The van der Waals surface area contributed by atoms with Gasteiger partial charge in [-0.25, -0.2) is 0 Å². The van der Waals surface area contributed by atoms with E-state index in [-0.39, 0.29) is 5.78 Å². The highest BCUT2D eigenvalue weighted by Gasteiger charge is 2.13. The average molecular weight is 198 g/mol. The molecule has 1 heteroatoms. The van der Waals surface area contributed by atoms with Crippen molar-refractivity contribution in [3.8, 4) is 0 Å². The summed E-state index contributed by atoms with van der Waals surface area (Å²) in [5, 5.41) is 0. The Labute approximate surface area is 90.1 Å². The second kappa shape index (κ2) is 4.26. The molecule has 2 rings (SSSR count). The highest BCUT2D eigenvalue weighted by atomic mass is 16.1. The van der Waals surface area contributed by atoms with Crippen molar-refractivity contribution >= 4 is 5.78 Å². The maximum atomic E-state index is 12.0. The smallest absolute Gasteiger partial charge is 0.189 e. The Balaban J connectivity index is 2.23. The minimum Gasteiger partial charge on any atom is -0.289 e. The number of hydrogen-bond acceptors (Lipinski definition) is 1. The molecule has 0 bridgehead atoms. The van der Waals surface area contributed by atoms with Gasteiger partial charge in [-0.3, -0.25) is 4.79 Å². The fraction of sp³-hybridized carbons (Fsp3) is 0.214. The molecule has 1 aliphatic rings. The lowest BCUT2D eigenvalue weighted by Gasteiger charge is -2.11. The van der Waals surface area contributed by atoms with Crippen LogP contribution in [0.1, 0.15) is 23.7 Å². The number of hydrogen-bond donors (Lipinski definition) is 0. The van der Waals surface area contributed by atoms with E-state index in [2.05, 4.69) is 25.2 Å². The Hall–Kier alpha value is -1.63. The lowest BCUT2D eigenvalue weighted by atomic mass is 9.93. The first-order valence-electron chi connectivity index (χ1n) is 5.24. The van der Waals surface area contributed by atoms with Gasteiger partial charge in [-0.05, 0) is 12.3 Å². The van der Waals surface area contributed by atoms with E-state index < -0.39 is 0 Å². The molecule has 1 atom stereocenters. The van der Waals surface area contributed by atoms with Gasteiger partial charge >= 0.3 is 0 Å². The molecule has 0 spiro atoms. The SMILES string of the molecule is CC1C=CCC(C(=O)c2ccccc2)=C1. The van der Waals surface area contributed by atoms with Crippen LogP contribution >= 0.6 is 0 Å². The third-order valence-electron chi connectivity index (χ3n) is 2.57. The van der Waals surface area contributed by atoms with Crippen molar-refractivity contribution in [1.82, 2.24) is 0 Å². The van der Waals surface area contributed by atoms with Gasteiger partial charge in [-0.1, -0.05) is 55.5 Å². The first-order chi connectivity index (χ1) is 7.27. The highest BCUT2D eigenvalue weighted by Crippen LogP contribution is 2.19. The molecule has 1 unspecified atom stereocenters. The molecule has 0 fully saturated rings. The third-order valence-corrected chi connectivity index (χ3v) is 2.57. The van der Waals surface area contributed by atoms with Crippen molar-refractivity contribution in [1.29, 1.82) is 0 Å². The van der Waals surface area contributed by atoms with E-state index in [1.165, 1.54) is 0 Å². The first-order valence-corrected chi connectivity index (χ1v) is 5.24. The summed E-state index contributed by atoms with van der Waals surface area (Å²) in [5.41, 5.74) is 1.70. The first kappa shape index (κ1) is 9.91. The van der Waals surface area contributed by atoms with Gasteiger partial charge < -0.3 is 0 Å². The van der Waals surface area contributed by atoms with Gasteiger partial charge in [-0.2, -0.15) is 0 Å². The Bertz CT molecular complexity index is 412. The Morgan fingerprint density at radius 2 is 2.00 bits per heavy atom. The molecule has 0 aromatic heterocycles. The van der Waals surface area contributed by atoms with Crippen LogP contribution in [-0.2, 0) is 0 Å². The van der Waals surface area contributed by atoms with Crippen LogP contribution in [0.15, 0.2) is 54.1 Å². The molecule has 0 aliphatic heterocycles. The minimum atomic E-state index is 0.159. The fourth-order valence-corrected chi connectivity index (χ4v) is 1.79. The number of benzene rings is 1. The van der Waals surface area contributed by atoms with Crippen molar-refractivity contribution in [2.45, 2.75) is 13.3 Å². The zero-order valence-electron chi connectivity index (χ0n) is 8.81. The number of rotatable bonds is 2. The lowest BCUT2D eigenvalue weighted by molar-refractivity contribution is 0.103. The predicted octanol–water partition coefficient (Wildman–Crippen LogP) is 3.39. The summed E-state index contributed by atoms with van der Waals surface area (Å²) < 4.78 is 0. The number of carbonyl (C=O) groups excluding carboxylic acids is 1. The van der Waals surface area contributed by atoms with E-state index in [0.717, 1.165) is 17.6 Å². The van der Waals surface area contributed by atoms with Crippen LogP contribution in [-0.4, -0.2) is 5.78 Å². The molecule has 0 saturated heterocycles. The van der Waals surface area contributed by atoms with E-state index in [1.807, 2.05) is 30.3 Å². The molecule has 1 aromatic carbocycles. The largest absolute Gasteiger partial charge is 0.289 e. The van der Waals surface area contributed by atoms with Crippen LogP contribution in [0.2, 0.25) is 0 Å². The molecule has 1 aromatic rings. The summed E-state index contributed by atoms with van der Waals surface area (Å²) in [7, 11) is 0. The van der Waals surface area contributed by atoms with Crippen LogP contribution in [0.4, 0.5) is 0 Å². The molecule has 0 N–H and O–H groups in total. The molecule has 0 radical (unpaired) electrons. The van der Waals surface area contributed by atoms with E-state index in [1.54, 1.807) is 0 Å². The highest BCUT2D eigenvalue weighted by molar-refractivity contribution is 6.08. The summed E-state index contributed by atoms with van der Waals surface area (Å²) in [6, 6.07) is 9.46. The summed E-state index contributed by atoms with van der Waals surface area (Å²) in [6.45, 7) is 2.09. The minimum absolute atomic E-state index is 0.159. The van der Waals surface area contributed by atoms with E-state index in [4.69, 9.17) is 0 Å². The van der Waals surface area contributed by atoms with Gasteiger partial charge in [0.05, 0.1) is 0 Å². The van der Waals surface area contributed by atoms with Crippen molar-refractivity contribution in [3.05, 3.63) is 59.7 Å². The normalized spacial score (nSPS) is 19.8. The molecule has 0 saturated carbocycles. The zero-order chi connectivity index (χ0) is 10.7. The topological polar surface area (TPSA) is 17.1 Å². The van der Waals surface area contributed by atoms with Crippen LogP contribution in [0.3, 0.4) is 0 Å². The van der Waals surface area contributed by atoms with Crippen LogP contribution in [0.5, 0.6) is 0 Å². The molecular formula is C14H14O. The summed E-state index contributed by atoms with van der Waals surface area (Å²) in [4.78, 5) is 12.0. The van der Waals surface area contributed by atoms with Crippen molar-refractivity contribution in [2.24, 2.45) is 5.92 Å². The third kappa shape index (κ3) is 2.24. The molecule has 15 heavy (non-hydrogen) atoms.